The van der Waals surface area contributed by atoms with Gasteiger partial charge in [-0.05, 0) is 45.3 Å². The lowest BCUT2D eigenvalue weighted by molar-refractivity contribution is 0.00578. The summed E-state index contributed by atoms with van der Waals surface area (Å²) in [6.07, 6.45) is 1.54. The Kier molecular flexibility index (Phi) is 4.66. The lowest BCUT2D eigenvalue weighted by atomic mass is 9.77. The van der Waals surface area contributed by atoms with Crippen LogP contribution in [-0.4, -0.2) is 35.9 Å². The van der Waals surface area contributed by atoms with Gasteiger partial charge in [-0.1, -0.05) is 12.1 Å². The van der Waals surface area contributed by atoms with Gasteiger partial charge in [-0.3, -0.25) is 0 Å². The molecule has 0 amide bonds. The Balaban J connectivity index is 2.32. The molecular formula is C16H21BFNO4. The molecule has 0 unspecified atom stereocenters. The van der Waals surface area contributed by atoms with Crippen molar-refractivity contribution < 1.29 is 23.6 Å². The van der Waals surface area contributed by atoms with Gasteiger partial charge in [0, 0.05) is 12.1 Å². The van der Waals surface area contributed by atoms with E-state index in [2.05, 4.69) is 0 Å². The minimum absolute atomic E-state index is 0.107. The number of benzene rings is 1. The topological polar surface area (TPSA) is 81.8 Å². The van der Waals surface area contributed by atoms with E-state index in [1.54, 1.807) is 6.08 Å². The van der Waals surface area contributed by atoms with Crippen LogP contribution < -0.4 is 5.73 Å². The monoisotopic (exact) mass is 321 g/mol. The quantitative estimate of drug-likeness (QED) is 0.833. The number of halogens is 1. The van der Waals surface area contributed by atoms with Gasteiger partial charge >= 0.3 is 13.1 Å². The fourth-order valence-electron chi connectivity index (χ4n) is 2.19. The Labute approximate surface area is 135 Å². The minimum atomic E-state index is -1.18. The maximum atomic E-state index is 14.1. The Morgan fingerprint density at radius 2 is 1.87 bits per heavy atom. The molecule has 124 valence electrons. The predicted molar refractivity (Wildman–Crippen MR) is 86.5 cm³/mol. The molecule has 1 aliphatic heterocycles. The zero-order valence-corrected chi connectivity index (χ0v) is 13.7. The van der Waals surface area contributed by atoms with Crippen molar-refractivity contribution in [2.45, 2.75) is 38.9 Å². The van der Waals surface area contributed by atoms with Gasteiger partial charge in [-0.25, -0.2) is 9.18 Å². The van der Waals surface area contributed by atoms with Crippen molar-refractivity contribution in [1.29, 1.82) is 0 Å². The number of carboxylic acids is 1. The molecule has 23 heavy (non-hydrogen) atoms. The third-order valence-corrected chi connectivity index (χ3v) is 4.38. The van der Waals surface area contributed by atoms with Crippen molar-refractivity contribution in [2.24, 2.45) is 5.73 Å². The van der Waals surface area contributed by atoms with E-state index in [-0.39, 0.29) is 17.7 Å². The molecule has 0 spiro atoms. The van der Waals surface area contributed by atoms with Gasteiger partial charge in [-0.15, -0.1) is 0 Å². The second-order valence-electron chi connectivity index (χ2n) is 6.55. The minimum Gasteiger partial charge on any atom is -0.478 e. The summed E-state index contributed by atoms with van der Waals surface area (Å²) in [5, 5.41) is 8.87. The van der Waals surface area contributed by atoms with Gasteiger partial charge in [-0.2, -0.15) is 0 Å². The van der Waals surface area contributed by atoms with Crippen LogP contribution in [0.5, 0.6) is 0 Å². The van der Waals surface area contributed by atoms with E-state index in [0.717, 1.165) is 6.07 Å². The van der Waals surface area contributed by atoms with Crippen molar-refractivity contribution in [3.05, 3.63) is 40.6 Å². The fourth-order valence-corrected chi connectivity index (χ4v) is 2.19. The number of nitrogens with two attached hydrogens (primary N) is 1. The Morgan fingerprint density at radius 1 is 1.30 bits per heavy atom. The first-order chi connectivity index (χ1) is 10.6. The summed E-state index contributed by atoms with van der Waals surface area (Å²) in [6, 6.07) is 3.72. The Bertz CT molecular complexity index is 641. The highest BCUT2D eigenvalue weighted by Crippen LogP contribution is 2.38. The number of rotatable bonds is 4. The van der Waals surface area contributed by atoms with E-state index in [1.807, 2.05) is 27.7 Å². The van der Waals surface area contributed by atoms with E-state index < -0.39 is 30.1 Å². The molecule has 1 aromatic rings. The Morgan fingerprint density at radius 3 is 2.30 bits per heavy atom. The third-order valence-electron chi connectivity index (χ3n) is 4.38. The molecule has 1 aromatic carbocycles. The SMILES string of the molecule is CC1(C)OB(C(=Cc2ccc(C(=O)O)cc2F)CN)OC1(C)C. The normalized spacial score (nSPS) is 19.9. The molecule has 1 saturated heterocycles. The van der Waals surface area contributed by atoms with Crippen LogP contribution in [0.25, 0.3) is 6.08 Å². The van der Waals surface area contributed by atoms with Crippen molar-refractivity contribution >= 4 is 19.2 Å². The third kappa shape index (κ3) is 3.47. The highest BCUT2D eigenvalue weighted by atomic mass is 19.1. The summed E-state index contributed by atoms with van der Waals surface area (Å²) < 4.78 is 25.9. The zero-order chi connectivity index (χ0) is 17.4. The van der Waals surface area contributed by atoms with Crippen molar-refractivity contribution in [1.82, 2.24) is 0 Å². The first kappa shape index (κ1) is 17.7. The van der Waals surface area contributed by atoms with Crippen LogP contribution in [0, 0.1) is 5.82 Å². The summed E-state index contributed by atoms with van der Waals surface area (Å²) in [4.78, 5) is 10.9. The predicted octanol–water partition coefficient (Wildman–Crippen LogP) is 2.50. The number of hydrogen-bond acceptors (Lipinski definition) is 4. The summed E-state index contributed by atoms with van der Waals surface area (Å²) in [6.45, 7) is 7.82. The smallest absolute Gasteiger partial charge is 0.478 e. The van der Waals surface area contributed by atoms with Crippen molar-refractivity contribution in [3.63, 3.8) is 0 Å². The number of aromatic carboxylic acids is 1. The standard InChI is InChI=1S/C16H21BFNO4/c1-15(2)16(3,4)23-17(22-15)12(9-19)7-10-5-6-11(14(20)21)8-13(10)18/h5-8H,9,19H2,1-4H3,(H,20,21). The number of hydrogen-bond donors (Lipinski definition) is 2. The van der Waals surface area contributed by atoms with E-state index in [0.29, 0.717) is 5.47 Å². The van der Waals surface area contributed by atoms with Crippen molar-refractivity contribution in [3.8, 4) is 0 Å². The average Bonchev–Trinajstić information content (AvgIpc) is 2.65. The maximum absolute atomic E-state index is 14.1. The second-order valence-corrected chi connectivity index (χ2v) is 6.55. The van der Waals surface area contributed by atoms with E-state index >= 15 is 0 Å². The molecule has 3 N–H and O–H groups in total. The van der Waals surface area contributed by atoms with Crippen LogP contribution in [0.4, 0.5) is 4.39 Å². The van der Waals surface area contributed by atoms with Crippen molar-refractivity contribution in [2.75, 3.05) is 6.54 Å². The van der Waals surface area contributed by atoms with Crippen LogP contribution in [0.2, 0.25) is 0 Å². The van der Waals surface area contributed by atoms with Crippen LogP contribution in [0.15, 0.2) is 23.7 Å². The molecule has 0 aromatic heterocycles. The molecular weight excluding hydrogens is 300 g/mol. The van der Waals surface area contributed by atoms with Crippen LogP contribution in [-0.2, 0) is 9.31 Å². The lowest BCUT2D eigenvalue weighted by Crippen LogP contribution is -2.41. The van der Waals surface area contributed by atoms with E-state index in [4.69, 9.17) is 20.1 Å². The molecule has 0 saturated carbocycles. The summed E-state index contributed by atoms with van der Waals surface area (Å²) in [5.74, 6) is -1.81. The maximum Gasteiger partial charge on any atom is 0.491 e. The molecule has 7 heteroatoms. The molecule has 0 atom stereocenters. The summed E-state index contributed by atoms with van der Waals surface area (Å²) in [7, 11) is -0.663. The van der Waals surface area contributed by atoms with Gasteiger partial charge in [0.25, 0.3) is 0 Å². The summed E-state index contributed by atoms with van der Waals surface area (Å²) >= 11 is 0. The highest BCUT2D eigenvalue weighted by Gasteiger charge is 2.52. The van der Waals surface area contributed by atoms with Crippen LogP contribution in [0.3, 0.4) is 0 Å². The molecule has 0 aliphatic carbocycles. The largest absolute Gasteiger partial charge is 0.491 e. The number of carboxylic acid groups (broad SMARTS) is 1. The van der Waals surface area contributed by atoms with Gasteiger partial charge in [0.15, 0.2) is 0 Å². The zero-order valence-electron chi connectivity index (χ0n) is 13.7. The summed E-state index contributed by atoms with van der Waals surface area (Å²) in [5.41, 5.74) is 5.45. The van der Waals surface area contributed by atoms with Crippen LogP contribution in [0.1, 0.15) is 43.6 Å². The highest BCUT2D eigenvalue weighted by molar-refractivity contribution is 6.55. The van der Waals surface area contributed by atoms with Gasteiger partial charge in [0.2, 0.25) is 0 Å². The molecule has 2 rings (SSSR count). The average molecular weight is 321 g/mol. The first-order valence-electron chi connectivity index (χ1n) is 7.36. The van der Waals surface area contributed by atoms with Crippen LogP contribution >= 0.6 is 0 Å². The molecule has 1 fully saturated rings. The van der Waals surface area contributed by atoms with Gasteiger partial charge < -0.3 is 20.1 Å². The molecule has 5 nitrogen and oxygen atoms in total. The molecule has 0 radical (unpaired) electrons. The number of carbonyl (C=O) groups is 1. The first-order valence-corrected chi connectivity index (χ1v) is 7.36. The lowest BCUT2D eigenvalue weighted by Gasteiger charge is -2.32. The van der Waals surface area contributed by atoms with Gasteiger partial charge in [0.1, 0.15) is 5.82 Å². The fraction of sp³-hybridized carbons (Fsp3) is 0.438. The Hall–Kier alpha value is -1.70. The molecule has 1 heterocycles. The second kappa shape index (κ2) is 6.07. The van der Waals surface area contributed by atoms with E-state index in [1.165, 1.54) is 12.1 Å². The van der Waals surface area contributed by atoms with E-state index in [9.17, 15) is 9.18 Å². The van der Waals surface area contributed by atoms with Gasteiger partial charge in [0.05, 0.1) is 16.8 Å². The molecule has 0 bridgehead atoms. The molecule has 1 aliphatic rings.